The second kappa shape index (κ2) is 16.4. The molecule has 5 atom stereocenters. The van der Waals surface area contributed by atoms with Crippen molar-refractivity contribution in [3.05, 3.63) is 40.4 Å². The minimum absolute atomic E-state index is 0.0188. The van der Waals surface area contributed by atoms with Gasteiger partial charge in [0.05, 0.1) is 11.2 Å². The van der Waals surface area contributed by atoms with Crippen LogP contribution in [0.15, 0.2) is 24.0 Å². The number of hydrogen-bond donors (Lipinski definition) is 1. The van der Waals surface area contributed by atoms with E-state index >= 15 is 0 Å². The fourth-order valence-electron chi connectivity index (χ4n) is 6.00. The van der Waals surface area contributed by atoms with Crippen LogP contribution in [0, 0.1) is 17.8 Å². The number of hydrogen-bond acceptors (Lipinski definition) is 10. The van der Waals surface area contributed by atoms with E-state index in [0.717, 1.165) is 31.5 Å². The molecule has 1 fully saturated rings. The van der Waals surface area contributed by atoms with Crippen molar-refractivity contribution in [2.24, 2.45) is 17.8 Å². The second-order valence-corrected chi connectivity index (χ2v) is 13.7. The van der Waals surface area contributed by atoms with E-state index in [1.165, 1.54) is 18.3 Å². The van der Waals surface area contributed by atoms with Crippen molar-refractivity contribution in [1.82, 2.24) is 30.1 Å². The minimum Gasteiger partial charge on any atom is -0.455 e. The maximum atomic E-state index is 14.1. The highest BCUT2D eigenvalue weighted by atomic mass is 32.1. The van der Waals surface area contributed by atoms with Crippen LogP contribution in [0.25, 0.3) is 0 Å². The lowest BCUT2D eigenvalue weighted by molar-refractivity contribution is -0.149. The fourth-order valence-corrected chi connectivity index (χ4v) is 6.84. The second-order valence-electron chi connectivity index (χ2n) is 12.8. The molecule has 1 aliphatic heterocycles. The lowest BCUT2D eigenvalue weighted by Gasteiger charge is -2.38. The van der Waals surface area contributed by atoms with Gasteiger partial charge in [-0.2, -0.15) is 0 Å². The van der Waals surface area contributed by atoms with E-state index in [2.05, 4.69) is 25.2 Å². The fraction of sp³-hybridized carbons (Fsp3) is 0.667. The zero-order valence-corrected chi connectivity index (χ0v) is 28.9. The number of Topliss-reactive ketones (excluding diaryl/α,β-unsaturated/α-hetero) is 1. The van der Waals surface area contributed by atoms with Gasteiger partial charge in [-0.05, 0) is 45.2 Å². The molecule has 0 aliphatic carbocycles. The third-order valence-electron chi connectivity index (χ3n) is 9.35. The van der Waals surface area contributed by atoms with Crippen LogP contribution < -0.4 is 5.32 Å². The van der Waals surface area contributed by atoms with Gasteiger partial charge in [0.15, 0.2) is 11.9 Å². The lowest BCUT2D eigenvalue weighted by atomic mass is 9.80. The maximum absolute atomic E-state index is 14.1. The van der Waals surface area contributed by atoms with Crippen molar-refractivity contribution >= 4 is 34.9 Å². The molecule has 2 aromatic heterocycles. The number of aromatic nitrogens is 3. The zero-order chi connectivity index (χ0) is 33.3. The van der Waals surface area contributed by atoms with Crippen LogP contribution >= 0.6 is 11.3 Å². The van der Waals surface area contributed by atoms with Crippen LogP contribution in [0.1, 0.15) is 101 Å². The molecule has 248 valence electrons. The molecule has 0 unspecified atom stereocenters. The standard InChI is InChI=1S/C33H50N6O5S/c1-9-22(4)25(17-29(41)33(6)12-10-16-38(33)7)32(43)39(8)27(21(2)3)18-28(44-23(5)40)31-37-26(20-45-31)30(42)36-13-11-24-19-34-14-15-35-24/h14-15,19-22,25,27-28H,9-13,16-18H2,1-8H3,(H,36,42)/t22-,25-,27+,28+,33+/m0/s1. The maximum Gasteiger partial charge on any atom is 0.303 e. The van der Waals surface area contributed by atoms with Gasteiger partial charge in [-0.1, -0.05) is 34.1 Å². The Labute approximate surface area is 271 Å². The van der Waals surface area contributed by atoms with Gasteiger partial charge in [-0.15, -0.1) is 11.3 Å². The number of nitrogens with zero attached hydrogens (tertiary/aromatic N) is 5. The van der Waals surface area contributed by atoms with Gasteiger partial charge in [0, 0.05) is 75.7 Å². The molecule has 0 aromatic carbocycles. The molecule has 0 spiro atoms. The predicted molar refractivity (Wildman–Crippen MR) is 174 cm³/mol. The van der Waals surface area contributed by atoms with Crippen molar-refractivity contribution in [3.63, 3.8) is 0 Å². The molecule has 2 amide bonds. The summed E-state index contributed by atoms with van der Waals surface area (Å²) in [5, 5.41) is 4.98. The van der Waals surface area contributed by atoms with Crippen LogP contribution in [0.5, 0.6) is 0 Å². The molecule has 1 aliphatic rings. The van der Waals surface area contributed by atoms with E-state index in [-0.39, 0.29) is 47.6 Å². The van der Waals surface area contributed by atoms with Crippen molar-refractivity contribution in [2.75, 3.05) is 27.2 Å². The molecule has 1 saturated heterocycles. The van der Waals surface area contributed by atoms with E-state index in [1.807, 2.05) is 41.7 Å². The smallest absolute Gasteiger partial charge is 0.303 e. The topological polar surface area (TPSA) is 135 Å². The molecule has 3 heterocycles. The predicted octanol–water partition coefficient (Wildman–Crippen LogP) is 4.49. The highest BCUT2D eigenvalue weighted by Crippen LogP contribution is 2.35. The zero-order valence-electron chi connectivity index (χ0n) is 28.0. The van der Waals surface area contributed by atoms with E-state index in [9.17, 15) is 19.2 Å². The van der Waals surface area contributed by atoms with Gasteiger partial charge in [0.1, 0.15) is 10.7 Å². The van der Waals surface area contributed by atoms with Gasteiger partial charge >= 0.3 is 5.97 Å². The summed E-state index contributed by atoms with van der Waals surface area (Å²) in [5.41, 5.74) is 0.454. The van der Waals surface area contributed by atoms with Gasteiger partial charge in [-0.25, -0.2) is 4.98 Å². The lowest BCUT2D eigenvalue weighted by Crippen LogP contribution is -2.50. The summed E-state index contributed by atoms with van der Waals surface area (Å²) in [6, 6.07) is -0.304. The number of nitrogens with one attached hydrogen (secondary N) is 1. The van der Waals surface area contributed by atoms with Gasteiger partial charge in [0.25, 0.3) is 5.91 Å². The number of ketones is 1. The Hall–Kier alpha value is -3.25. The van der Waals surface area contributed by atoms with Crippen LogP contribution in [0.3, 0.4) is 0 Å². The molecule has 12 heteroatoms. The summed E-state index contributed by atoms with van der Waals surface area (Å²) in [5.74, 6) is -1.19. The quantitative estimate of drug-likeness (QED) is 0.263. The summed E-state index contributed by atoms with van der Waals surface area (Å²) in [6.45, 7) is 12.7. The third-order valence-corrected chi connectivity index (χ3v) is 10.3. The Bertz CT molecular complexity index is 1300. The SMILES string of the molecule is CC[C@H](C)[C@H](CC(=O)[C@@]1(C)CCCN1C)C(=O)N(C)[C@H](C[C@@H](OC(C)=O)c1nc(C(=O)NCCc2cnccn2)cs1)C(C)C. The largest absolute Gasteiger partial charge is 0.455 e. The first-order chi connectivity index (χ1) is 21.3. The van der Waals surface area contributed by atoms with Crippen LogP contribution in [0.4, 0.5) is 0 Å². The number of likely N-dealkylation sites (tertiary alicyclic amines) is 1. The highest BCUT2D eigenvalue weighted by molar-refractivity contribution is 7.09. The van der Waals surface area contributed by atoms with Crippen LogP contribution in [-0.2, 0) is 25.5 Å². The number of rotatable bonds is 16. The molecule has 3 rings (SSSR count). The average Bonchev–Trinajstić information content (AvgIpc) is 3.64. The first-order valence-corrected chi connectivity index (χ1v) is 16.8. The summed E-state index contributed by atoms with van der Waals surface area (Å²) in [7, 11) is 3.76. The van der Waals surface area contributed by atoms with Crippen molar-refractivity contribution in [1.29, 1.82) is 0 Å². The summed E-state index contributed by atoms with van der Waals surface area (Å²) >= 11 is 1.24. The first kappa shape index (κ1) is 36.2. The minimum atomic E-state index is -0.744. The number of esters is 1. The molecule has 11 nitrogen and oxygen atoms in total. The summed E-state index contributed by atoms with van der Waals surface area (Å²) < 4.78 is 5.73. The number of carbonyl (C=O) groups excluding carboxylic acids is 4. The third kappa shape index (κ3) is 9.38. The molecule has 0 saturated carbocycles. The van der Waals surface area contributed by atoms with Crippen molar-refractivity contribution < 1.29 is 23.9 Å². The van der Waals surface area contributed by atoms with E-state index < -0.39 is 23.5 Å². The molecule has 0 bridgehead atoms. The van der Waals surface area contributed by atoms with E-state index in [1.54, 1.807) is 35.9 Å². The van der Waals surface area contributed by atoms with Gasteiger partial charge < -0.3 is 15.0 Å². The van der Waals surface area contributed by atoms with E-state index in [0.29, 0.717) is 24.4 Å². The summed E-state index contributed by atoms with van der Waals surface area (Å²) in [4.78, 5) is 69.4. The normalized spacial score (nSPS) is 19.5. The molecule has 2 aromatic rings. The Morgan fingerprint density at radius 1 is 1.20 bits per heavy atom. The first-order valence-electron chi connectivity index (χ1n) is 15.9. The van der Waals surface area contributed by atoms with Crippen molar-refractivity contribution in [3.8, 4) is 0 Å². The summed E-state index contributed by atoms with van der Waals surface area (Å²) in [6.07, 6.45) is 7.68. The Morgan fingerprint density at radius 3 is 2.51 bits per heavy atom. The Kier molecular flexibility index (Phi) is 13.2. The molecular weight excluding hydrogens is 592 g/mol. The molecule has 0 radical (unpaired) electrons. The monoisotopic (exact) mass is 642 g/mol. The van der Waals surface area contributed by atoms with Gasteiger partial charge in [0.2, 0.25) is 5.91 Å². The Balaban J connectivity index is 1.75. The number of thiazole rings is 1. The molecular formula is C33H50N6O5S. The number of likely N-dealkylation sites (N-methyl/N-ethyl adjacent to an activating group) is 1. The van der Waals surface area contributed by atoms with Gasteiger partial charge in [-0.3, -0.25) is 34.0 Å². The number of ether oxygens (including phenoxy) is 1. The number of carbonyl (C=O) groups is 4. The number of amides is 2. The Morgan fingerprint density at radius 2 is 1.93 bits per heavy atom. The van der Waals surface area contributed by atoms with Crippen LogP contribution in [0.2, 0.25) is 0 Å². The van der Waals surface area contributed by atoms with Crippen molar-refractivity contribution in [2.45, 2.75) is 97.8 Å². The average molecular weight is 643 g/mol. The molecule has 1 N–H and O–H groups in total. The highest BCUT2D eigenvalue weighted by Gasteiger charge is 2.43. The van der Waals surface area contributed by atoms with E-state index in [4.69, 9.17) is 4.74 Å². The molecule has 45 heavy (non-hydrogen) atoms. The van der Waals surface area contributed by atoms with Crippen LogP contribution in [-0.4, -0.2) is 87.1 Å².